The highest BCUT2D eigenvalue weighted by Gasteiger charge is 2.44. The highest BCUT2D eigenvalue weighted by atomic mass is 16.3. The molecule has 0 aromatic heterocycles. The third kappa shape index (κ3) is 4.00. The second-order valence-corrected chi connectivity index (χ2v) is 8.26. The van der Waals surface area contributed by atoms with E-state index in [-0.39, 0.29) is 24.0 Å². The molecule has 0 spiro atoms. The van der Waals surface area contributed by atoms with Crippen LogP contribution in [0.25, 0.3) is 0 Å². The minimum atomic E-state index is -0.957. The fourth-order valence-electron chi connectivity index (χ4n) is 4.35. The molecule has 3 aliphatic rings. The van der Waals surface area contributed by atoms with E-state index < -0.39 is 35.3 Å². The molecule has 0 radical (unpaired) electrons. The second kappa shape index (κ2) is 8.25. The minimum Gasteiger partial charge on any atom is -0.389 e. The molecule has 160 valence electrons. The highest BCUT2D eigenvalue weighted by molar-refractivity contribution is 6.23. The molecule has 9 heteroatoms. The van der Waals surface area contributed by atoms with Crippen molar-refractivity contribution < 1.29 is 24.3 Å². The van der Waals surface area contributed by atoms with Crippen molar-refractivity contribution >= 4 is 23.6 Å². The number of hydrogen-bond donors (Lipinski definition) is 4. The van der Waals surface area contributed by atoms with Crippen LogP contribution in [-0.2, 0) is 16.1 Å². The number of nitrogens with one attached hydrogen (secondary N) is 3. The highest BCUT2D eigenvalue weighted by Crippen LogP contribution is 2.28. The Hall–Kier alpha value is -2.62. The van der Waals surface area contributed by atoms with Crippen molar-refractivity contribution in [1.29, 1.82) is 0 Å². The van der Waals surface area contributed by atoms with Gasteiger partial charge in [0.2, 0.25) is 11.8 Å². The summed E-state index contributed by atoms with van der Waals surface area (Å²) in [6.07, 6.45) is 2.61. The number of β-amino-alcohol motifs (C(OH)–C–C–N with tert-alkyl or cyclic N) is 1. The fraction of sp³-hybridized carbons (Fsp3) is 0.524. The predicted octanol–water partition coefficient (Wildman–Crippen LogP) is -0.318. The Morgan fingerprint density at radius 3 is 2.70 bits per heavy atom. The molecule has 4 rings (SSSR count). The Labute approximate surface area is 174 Å². The van der Waals surface area contributed by atoms with Crippen molar-refractivity contribution in [3.63, 3.8) is 0 Å². The molecule has 2 unspecified atom stereocenters. The van der Waals surface area contributed by atoms with Gasteiger partial charge in [0.15, 0.2) is 0 Å². The number of fused-ring (bicyclic) bond motifs is 1. The number of amides is 4. The fourth-order valence-corrected chi connectivity index (χ4v) is 4.35. The molecule has 1 aromatic carbocycles. The first kappa shape index (κ1) is 20.6. The number of imide groups is 2. The molecule has 2 saturated heterocycles. The summed E-state index contributed by atoms with van der Waals surface area (Å²) in [4.78, 5) is 50.0. The maximum absolute atomic E-state index is 12.8. The summed E-state index contributed by atoms with van der Waals surface area (Å²) < 4.78 is 0. The van der Waals surface area contributed by atoms with E-state index in [1.54, 1.807) is 18.2 Å². The zero-order valence-electron chi connectivity index (χ0n) is 16.7. The van der Waals surface area contributed by atoms with E-state index in [2.05, 4.69) is 16.0 Å². The summed E-state index contributed by atoms with van der Waals surface area (Å²) in [7, 11) is 0. The zero-order chi connectivity index (χ0) is 21.3. The van der Waals surface area contributed by atoms with Crippen LogP contribution in [0.5, 0.6) is 0 Å². The molecule has 4 N–H and O–H groups in total. The molecule has 2 fully saturated rings. The summed E-state index contributed by atoms with van der Waals surface area (Å²) >= 11 is 0. The zero-order valence-corrected chi connectivity index (χ0v) is 16.7. The van der Waals surface area contributed by atoms with Gasteiger partial charge in [0.1, 0.15) is 6.04 Å². The van der Waals surface area contributed by atoms with Crippen LogP contribution >= 0.6 is 0 Å². The Kier molecular flexibility index (Phi) is 5.68. The van der Waals surface area contributed by atoms with E-state index >= 15 is 0 Å². The quantitative estimate of drug-likeness (QED) is 0.371. The molecule has 0 saturated carbocycles. The van der Waals surface area contributed by atoms with Crippen LogP contribution < -0.4 is 16.0 Å². The largest absolute Gasteiger partial charge is 0.389 e. The Bertz CT molecular complexity index is 893. The Morgan fingerprint density at radius 1 is 1.17 bits per heavy atom. The molecule has 30 heavy (non-hydrogen) atoms. The van der Waals surface area contributed by atoms with Crippen molar-refractivity contribution in [2.45, 2.75) is 50.3 Å². The van der Waals surface area contributed by atoms with Crippen LogP contribution in [0.2, 0.25) is 0 Å². The number of hydrogen-bond acceptors (Lipinski definition) is 7. The van der Waals surface area contributed by atoms with Crippen molar-refractivity contribution in [2.24, 2.45) is 0 Å². The van der Waals surface area contributed by atoms with E-state index in [4.69, 9.17) is 0 Å². The molecule has 1 aromatic rings. The standard InChI is InChI=1S/C21H26N4O5/c26-17-5-4-16(18(27)24-17)25-19(28)14-3-2-13(10-15(14)20(25)29)11-22-9-7-21(30)6-1-8-23-12-21/h2-3,10,16,22-23,30H,1,4-9,11-12H2,(H,24,26,27). The number of nitrogens with zero attached hydrogens (tertiary/aromatic N) is 1. The SMILES string of the molecule is O=C1CCC(N2C(=O)c3ccc(CNCCC4(O)CCCNC4)cc3C2=O)C(=O)N1. The molecular formula is C21H26N4O5. The van der Waals surface area contributed by atoms with Crippen molar-refractivity contribution in [2.75, 3.05) is 19.6 Å². The Morgan fingerprint density at radius 2 is 1.97 bits per heavy atom. The number of carbonyl (C=O) groups is 4. The van der Waals surface area contributed by atoms with Crippen LogP contribution in [0.3, 0.4) is 0 Å². The topological polar surface area (TPSA) is 128 Å². The van der Waals surface area contributed by atoms with Gasteiger partial charge >= 0.3 is 0 Å². The average Bonchev–Trinajstić information content (AvgIpc) is 2.96. The monoisotopic (exact) mass is 414 g/mol. The summed E-state index contributed by atoms with van der Waals surface area (Å²) in [5.74, 6) is -2.02. The number of aliphatic hydroxyl groups is 1. The molecule has 9 nitrogen and oxygen atoms in total. The first-order valence-electron chi connectivity index (χ1n) is 10.4. The van der Waals surface area contributed by atoms with Crippen LogP contribution in [0.4, 0.5) is 0 Å². The lowest BCUT2D eigenvalue weighted by Crippen LogP contribution is -2.54. The van der Waals surface area contributed by atoms with Crippen LogP contribution in [0.1, 0.15) is 58.4 Å². The van der Waals surface area contributed by atoms with Gasteiger partial charge in [-0.3, -0.25) is 29.4 Å². The lowest BCUT2D eigenvalue weighted by molar-refractivity contribution is -0.136. The number of piperidine rings is 2. The van der Waals surface area contributed by atoms with Gasteiger partial charge in [0.25, 0.3) is 11.8 Å². The van der Waals surface area contributed by atoms with E-state index in [1.807, 2.05) is 0 Å². The smallest absolute Gasteiger partial charge is 0.262 e. The molecular weight excluding hydrogens is 388 g/mol. The van der Waals surface area contributed by atoms with Gasteiger partial charge < -0.3 is 15.7 Å². The van der Waals surface area contributed by atoms with Crippen LogP contribution in [0.15, 0.2) is 18.2 Å². The maximum Gasteiger partial charge on any atom is 0.262 e. The van der Waals surface area contributed by atoms with E-state index in [1.165, 1.54) is 0 Å². The number of rotatable bonds is 6. The van der Waals surface area contributed by atoms with Gasteiger partial charge in [-0.15, -0.1) is 0 Å². The Balaban J connectivity index is 1.38. The van der Waals surface area contributed by atoms with Gasteiger partial charge in [-0.05, 0) is 56.5 Å². The summed E-state index contributed by atoms with van der Waals surface area (Å²) in [5.41, 5.74) is 0.706. The summed E-state index contributed by atoms with van der Waals surface area (Å²) in [6, 6.07) is 4.10. The van der Waals surface area contributed by atoms with Gasteiger partial charge in [-0.2, -0.15) is 0 Å². The minimum absolute atomic E-state index is 0.0981. The van der Waals surface area contributed by atoms with Gasteiger partial charge in [0, 0.05) is 19.5 Å². The summed E-state index contributed by atoms with van der Waals surface area (Å²) in [6.45, 7) is 2.66. The predicted molar refractivity (Wildman–Crippen MR) is 106 cm³/mol. The normalized spacial score (nSPS) is 26.7. The second-order valence-electron chi connectivity index (χ2n) is 8.26. The molecule has 0 aliphatic carbocycles. The third-order valence-electron chi connectivity index (χ3n) is 6.05. The summed E-state index contributed by atoms with van der Waals surface area (Å²) in [5, 5.41) is 19.2. The lowest BCUT2D eigenvalue weighted by atomic mass is 9.91. The first-order chi connectivity index (χ1) is 14.4. The van der Waals surface area contributed by atoms with Crippen molar-refractivity contribution in [3.05, 3.63) is 34.9 Å². The molecule has 2 atom stereocenters. The molecule has 4 amide bonds. The van der Waals surface area contributed by atoms with Crippen LogP contribution in [-0.4, -0.2) is 64.9 Å². The van der Waals surface area contributed by atoms with E-state index in [9.17, 15) is 24.3 Å². The third-order valence-corrected chi connectivity index (χ3v) is 6.05. The first-order valence-corrected chi connectivity index (χ1v) is 10.4. The molecule has 0 bridgehead atoms. The number of carbonyl (C=O) groups excluding carboxylic acids is 4. The molecule has 3 aliphatic heterocycles. The average molecular weight is 414 g/mol. The van der Waals surface area contributed by atoms with E-state index in [0.29, 0.717) is 26.1 Å². The van der Waals surface area contributed by atoms with Crippen molar-refractivity contribution in [1.82, 2.24) is 20.9 Å². The van der Waals surface area contributed by atoms with Crippen LogP contribution in [0, 0.1) is 0 Å². The maximum atomic E-state index is 12.8. The van der Waals surface area contributed by atoms with E-state index in [0.717, 1.165) is 29.8 Å². The van der Waals surface area contributed by atoms with Crippen molar-refractivity contribution in [3.8, 4) is 0 Å². The number of benzene rings is 1. The van der Waals surface area contributed by atoms with Gasteiger partial charge in [0.05, 0.1) is 16.7 Å². The molecule has 3 heterocycles. The van der Waals surface area contributed by atoms with Gasteiger partial charge in [-0.25, -0.2) is 0 Å². The lowest BCUT2D eigenvalue weighted by Gasteiger charge is -2.32. The van der Waals surface area contributed by atoms with Gasteiger partial charge in [-0.1, -0.05) is 6.07 Å².